The number of hydrogen-bond donors (Lipinski definition) is 3. The summed E-state index contributed by atoms with van der Waals surface area (Å²) in [6.07, 6.45) is 3.76. The zero-order valence-electron chi connectivity index (χ0n) is 12.7. The molecule has 1 aromatic rings. The van der Waals surface area contributed by atoms with Crippen molar-refractivity contribution in [2.45, 2.75) is 38.1 Å². The number of methoxy groups -OCH3 is 1. The van der Waals surface area contributed by atoms with Crippen LogP contribution in [0.5, 0.6) is 5.75 Å². The van der Waals surface area contributed by atoms with Crippen LogP contribution in [-0.2, 0) is 0 Å². The Morgan fingerprint density at radius 3 is 2.90 bits per heavy atom. The van der Waals surface area contributed by atoms with Crippen LogP contribution in [0.15, 0.2) is 18.2 Å². The molecular formula is C16H24N2O3. The molecule has 0 saturated heterocycles. The van der Waals surface area contributed by atoms with Crippen molar-refractivity contribution in [3.8, 4) is 5.75 Å². The van der Waals surface area contributed by atoms with Gasteiger partial charge in [0.25, 0.3) is 5.91 Å². The lowest BCUT2D eigenvalue weighted by molar-refractivity contribution is 0.0697. The number of carbonyl (C=O) groups excluding carboxylic acids is 1. The Hall–Kier alpha value is -1.75. The third-order valence-corrected chi connectivity index (χ3v) is 4.20. The van der Waals surface area contributed by atoms with Crippen molar-refractivity contribution in [3.05, 3.63) is 23.8 Å². The molecule has 21 heavy (non-hydrogen) atoms. The highest BCUT2D eigenvalue weighted by Crippen LogP contribution is 2.32. The Morgan fingerprint density at radius 2 is 2.29 bits per heavy atom. The average Bonchev–Trinajstić information content (AvgIpc) is 2.46. The number of aliphatic hydroxyl groups is 1. The predicted molar refractivity (Wildman–Crippen MR) is 82.3 cm³/mol. The van der Waals surface area contributed by atoms with Crippen LogP contribution in [0.2, 0.25) is 0 Å². The third-order valence-electron chi connectivity index (χ3n) is 4.20. The quantitative estimate of drug-likeness (QED) is 0.741. The number of amides is 1. The highest BCUT2D eigenvalue weighted by molar-refractivity contribution is 5.96. The van der Waals surface area contributed by atoms with E-state index in [0.29, 0.717) is 22.9 Å². The SMILES string of the molecule is COc1cc(N)cc(C(=O)NC2(CO)CCCC(C)C2)c1. The summed E-state index contributed by atoms with van der Waals surface area (Å²) in [6, 6.07) is 4.94. The summed E-state index contributed by atoms with van der Waals surface area (Å²) in [6.45, 7) is 2.11. The van der Waals surface area contributed by atoms with Crippen molar-refractivity contribution in [1.29, 1.82) is 0 Å². The van der Waals surface area contributed by atoms with Gasteiger partial charge >= 0.3 is 0 Å². The summed E-state index contributed by atoms with van der Waals surface area (Å²) >= 11 is 0. The Labute approximate surface area is 125 Å². The Balaban J connectivity index is 2.18. The number of hydrogen-bond acceptors (Lipinski definition) is 4. The van der Waals surface area contributed by atoms with Gasteiger partial charge in [-0.2, -0.15) is 0 Å². The number of carbonyl (C=O) groups is 1. The number of ether oxygens (including phenoxy) is 1. The van der Waals surface area contributed by atoms with Crippen LogP contribution in [0.3, 0.4) is 0 Å². The summed E-state index contributed by atoms with van der Waals surface area (Å²) in [5.74, 6) is 0.834. The largest absolute Gasteiger partial charge is 0.497 e. The molecule has 1 aliphatic carbocycles. The molecule has 0 aliphatic heterocycles. The first kappa shape index (κ1) is 15.6. The fourth-order valence-electron chi connectivity index (χ4n) is 3.14. The van der Waals surface area contributed by atoms with Gasteiger partial charge in [-0.05, 0) is 30.9 Å². The van der Waals surface area contributed by atoms with Gasteiger partial charge in [0.2, 0.25) is 0 Å². The van der Waals surface area contributed by atoms with Crippen molar-refractivity contribution in [2.75, 3.05) is 19.5 Å². The molecule has 0 bridgehead atoms. The van der Waals surface area contributed by atoms with Crippen LogP contribution in [0.25, 0.3) is 0 Å². The Morgan fingerprint density at radius 1 is 1.52 bits per heavy atom. The average molecular weight is 292 g/mol. The number of nitrogen functional groups attached to an aromatic ring is 1. The fraction of sp³-hybridized carbons (Fsp3) is 0.562. The van der Waals surface area contributed by atoms with E-state index >= 15 is 0 Å². The van der Waals surface area contributed by atoms with Crippen LogP contribution in [0, 0.1) is 5.92 Å². The standard InChI is InChI=1S/C16H24N2O3/c1-11-4-3-5-16(9-11,10-19)18-15(20)12-6-13(17)8-14(7-12)21-2/h6-8,11,19H,3-5,9-10,17H2,1-2H3,(H,18,20). The van der Waals surface area contributed by atoms with E-state index < -0.39 is 5.54 Å². The molecule has 2 rings (SSSR count). The first-order chi connectivity index (χ1) is 9.98. The Bertz CT molecular complexity index is 518. The van der Waals surface area contributed by atoms with Crippen LogP contribution in [0.1, 0.15) is 43.0 Å². The van der Waals surface area contributed by atoms with Gasteiger partial charge in [-0.1, -0.05) is 19.8 Å². The van der Waals surface area contributed by atoms with E-state index in [0.717, 1.165) is 25.7 Å². The fourth-order valence-corrected chi connectivity index (χ4v) is 3.14. The monoisotopic (exact) mass is 292 g/mol. The van der Waals surface area contributed by atoms with E-state index in [-0.39, 0.29) is 12.5 Å². The number of nitrogens with two attached hydrogens (primary N) is 1. The van der Waals surface area contributed by atoms with Gasteiger partial charge in [-0.15, -0.1) is 0 Å². The van der Waals surface area contributed by atoms with E-state index in [1.54, 1.807) is 18.2 Å². The first-order valence-corrected chi connectivity index (χ1v) is 7.36. The van der Waals surface area contributed by atoms with Crippen molar-refractivity contribution < 1.29 is 14.6 Å². The molecule has 1 amide bonds. The molecule has 0 heterocycles. The molecule has 5 nitrogen and oxygen atoms in total. The smallest absolute Gasteiger partial charge is 0.252 e. The zero-order valence-corrected chi connectivity index (χ0v) is 12.7. The van der Waals surface area contributed by atoms with Crippen molar-refractivity contribution in [1.82, 2.24) is 5.32 Å². The molecule has 1 aliphatic rings. The molecule has 5 heteroatoms. The predicted octanol–water partition coefficient (Wildman–Crippen LogP) is 1.95. The van der Waals surface area contributed by atoms with Gasteiger partial charge in [0, 0.05) is 17.3 Å². The summed E-state index contributed by atoms with van der Waals surface area (Å²) in [5, 5.41) is 12.8. The Kier molecular flexibility index (Phi) is 4.73. The maximum absolute atomic E-state index is 12.5. The highest BCUT2D eigenvalue weighted by Gasteiger charge is 2.36. The van der Waals surface area contributed by atoms with E-state index in [2.05, 4.69) is 12.2 Å². The number of aliphatic hydroxyl groups excluding tert-OH is 1. The van der Waals surface area contributed by atoms with Gasteiger partial charge in [0.05, 0.1) is 19.3 Å². The number of anilines is 1. The lowest BCUT2D eigenvalue weighted by Gasteiger charge is -2.39. The first-order valence-electron chi connectivity index (χ1n) is 7.36. The summed E-state index contributed by atoms with van der Waals surface area (Å²) in [4.78, 5) is 12.5. The normalized spacial score (nSPS) is 25.4. The molecule has 0 aromatic heterocycles. The highest BCUT2D eigenvalue weighted by atomic mass is 16.5. The second-order valence-corrected chi connectivity index (χ2v) is 6.09. The number of nitrogens with one attached hydrogen (secondary N) is 1. The molecule has 116 valence electrons. The van der Waals surface area contributed by atoms with Gasteiger partial charge in [-0.25, -0.2) is 0 Å². The van der Waals surface area contributed by atoms with Crippen molar-refractivity contribution >= 4 is 11.6 Å². The zero-order chi connectivity index (χ0) is 15.5. The third kappa shape index (κ3) is 3.67. The van der Waals surface area contributed by atoms with Crippen molar-refractivity contribution in [2.24, 2.45) is 5.92 Å². The molecule has 2 unspecified atom stereocenters. The maximum atomic E-state index is 12.5. The minimum Gasteiger partial charge on any atom is -0.497 e. The van der Waals surface area contributed by atoms with Gasteiger partial charge in [-0.3, -0.25) is 4.79 Å². The van der Waals surface area contributed by atoms with Gasteiger partial charge in [0.1, 0.15) is 5.75 Å². The second-order valence-electron chi connectivity index (χ2n) is 6.09. The van der Waals surface area contributed by atoms with Crippen LogP contribution >= 0.6 is 0 Å². The van der Waals surface area contributed by atoms with Crippen LogP contribution in [0.4, 0.5) is 5.69 Å². The summed E-state index contributed by atoms with van der Waals surface area (Å²) in [7, 11) is 1.54. The van der Waals surface area contributed by atoms with E-state index in [4.69, 9.17) is 10.5 Å². The van der Waals surface area contributed by atoms with Gasteiger partial charge in [0.15, 0.2) is 0 Å². The minimum absolute atomic E-state index is 0.0392. The summed E-state index contributed by atoms with van der Waals surface area (Å²) in [5.41, 5.74) is 6.20. The molecule has 1 aromatic carbocycles. The minimum atomic E-state index is -0.521. The molecule has 0 radical (unpaired) electrons. The lowest BCUT2D eigenvalue weighted by atomic mass is 9.76. The maximum Gasteiger partial charge on any atom is 0.252 e. The molecule has 1 saturated carbocycles. The molecule has 0 spiro atoms. The molecule has 2 atom stereocenters. The van der Waals surface area contributed by atoms with Crippen LogP contribution in [-0.4, -0.2) is 30.3 Å². The molecule has 4 N–H and O–H groups in total. The van der Waals surface area contributed by atoms with E-state index in [9.17, 15) is 9.90 Å². The number of benzene rings is 1. The van der Waals surface area contributed by atoms with E-state index in [1.165, 1.54) is 7.11 Å². The summed E-state index contributed by atoms with van der Waals surface area (Å²) < 4.78 is 5.13. The van der Waals surface area contributed by atoms with Crippen LogP contribution < -0.4 is 15.8 Å². The van der Waals surface area contributed by atoms with Gasteiger partial charge < -0.3 is 20.9 Å². The number of rotatable bonds is 4. The molecule has 1 fully saturated rings. The lowest BCUT2D eigenvalue weighted by Crippen LogP contribution is -2.53. The topological polar surface area (TPSA) is 84.6 Å². The second kappa shape index (κ2) is 6.35. The van der Waals surface area contributed by atoms with E-state index in [1.807, 2.05) is 0 Å². The molecular weight excluding hydrogens is 268 g/mol. The van der Waals surface area contributed by atoms with Crippen molar-refractivity contribution in [3.63, 3.8) is 0 Å².